The molecule has 3 aliphatic rings. The molecule has 29 heavy (non-hydrogen) atoms. The van der Waals surface area contributed by atoms with Crippen LogP contribution in [0.2, 0.25) is 0 Å². The topological polar surface area (TPSA) is 42.1 Å². The summed E-state index contributed by atoms with van der Waals surface area (Å²) in [6.07, 6.45) is 4.09. The Bertz CT molecular complexity index is 1070. The van der Waals surface area contributed by atoms with Gasteiger partial charge >= 0.3 is 4.87 Å². The highest BCUT2D eigenvalue weighted by Gasteiger charge is 2.54. The van der Waals surface area contributed by atoms with Crippen molar-refractivity contribution < 1.29 is 4.74 Å². The van der Waals surface area contributed by atoms with Gasteiger partial charge in [0.1, 0.15) is 12.4 Å². The third-order valence-corrected chi connectivity index (χ3v) is 9.58. The normalized spacial score (nSPS) is 29.4. The molecule has 148 valence electrons. The fourth-order valence-corrected chi connectivity index (χ4v) is 8.63. The lowest BCUT2D eigenvalue weighted by molar-refractivity contribution is 0.302. The van der Waals surface area contributed by atoms with Crippen LogP contribution in [0.15, 0.2) is 64.4 Å². The van der Waals surface area contributed by atoms with Gasteiger partial charge in [-0.15, -0.1) is 11.8 Å². The van der Waals surface area contributed by atoms with Crippen molar-refractivity contribution in [2.75, 3.05) is 0 Å². The van der Waals surface area contributed by atoms with Crippen LogP contribution in [0.4, 0.5) is 0 Å². The Morgan fingerprint density at radius 2 is 1.79 bits per heavy atom. The molecule has 5 atom stereocenters. The van der Waals surface area contributed by atoms with E-state index in [2.05, 4.69) is 41.4 Å². The third-order valence-electron chi connectivity index (χ3n) is 6.95. The van der Waals surface area contributed by atoms with Crippen LogP contribution in [0.1, 0.15) is 41.2 Å². The van der Waals surface area contributed by atoms with Gasteiger partial charge in [0.05, 0.1) is 5.03 Å². The van der Waals surface area contributed by atoms with Crippen LogP contribution < -0.4 is 9.61 Å². The van der Waals surface area contributed by atoms with Crippen molar-refractivity contribution in [3.63, 3.8) is 0 Å². The first kappa shape index (κ1) is 17.8. The van der Waals surface area contributed by atoms with Gasteiger partial charge in [-0.05, 0) is 60.3 Å². The number of thiazole rings is 1. The second kappa shape index (κ2) is 7.06. The minimum Gasteiger partial charge on any atom is -0.489 e. The van der Waals surface area contributed by atoms with Crippen LogP contribution in [0, 0.1) is 17.8 Å². The van der Waals surface area contributed by atoms with E-state index >= 15 is 0 Å². The molecule has 0 amide bonds. The standard InChI is InChI=1S/C24H23NO2S2/c26-24-25-23-22(29-24)19(20-16-6-7-17(12-16)21(20)28-23)15-8-10-18(11-9-15)27-13-14-4-2-1-3-5-14/h1-5,8-11,16-17,19-21H,6-7,12-13H2,(H,25,26)/t16-,17-,19+,20+,21+/m0/s1. The zero-order valence-corrected chi connectivity index (χ0v) is 17.7. The average molecular weight is 422 g/mol. The van der Waals surface area contributed by atoms with Crippen molar-refractivity contribution in [1.29, 1.82) is 0 Å². The Hall–Kier alpha value is -1.98. The van der Waals surface area contributed by atoms with Gasteiger partial charge < -0.3 is 9.72 Å². The van der Waals surface area contributed by atoms with Crippen LogP contribution in [0.25, 0.3) is 0 Å². The fraction of sp³-hybridized carbons (Fsp3) is 0.375. The Kier molecular flexibility index (Phi) is 4.35. The molecule has 3 aromatic rings. The van der Waals surface area contributed by atoms with Crippen molar-refractivity contribution in [3.8, 4) is 5.75 Å². The van der Waals surface area contributed by atoms with E-state index in [1.165, 1.54) is 46.6 Å². The lowest BCUT2D eigenvalue weighted by Gasteiger charge is -2.40. The molecule has 0 radical (unpaired) electrons. The molecular formula is C24H23NO2S2. The highest BCUT2D eigenvalue weighted by molar-refractivity contribution is 8.00. The molecular weight excluding hydrogens is 398 g/mol. The van der Waals surface area contributed by atoms with E-state index in [1.807, 2.05) is 30.0 Å². The zero-order valence-electron chi connectivity index (χ0n) is 16.0. The van der Waals surface area contributed by atoms with Gasteiger partial charge in [0.15, 0.2) is 0 Å². The average Bonchev–Trinajstić information content (AvgIpc) is 3.46. The lowest BCUT2D eigenvalue weighted by atomic mass is 9.75. The molecule has 0 spiro atoms. The summed E-state index contributed by atoms with van der Waals surface area (Å²) in [5, 5.41) is 1.79. The molecule has 1 aliphatic heterocycles. The van der Waals surface area contributed by atoms with E-state index in [-0.39, 0.29) is 4.87 Å². The summed E-state index contributed by atoms with van der Waals surface area (Å²) in [6.45, 7) is 0.582. The maximum atomic E-state index is 12.1. The minimum atomic E-state index is 0.0858. The van der Waals surface area contributed by atoms with Crippen molar-refractivity contribution in [2.24, 2.45) is 17.8 Å². The predicted octanol–water partition coefficient (Wildman–Crippen LogP) is 5.67. The Balaban J connectivity index is 1.30. The Morgan fingerprint density at radius 3 is 2.62 bits per heavy atom. The first-order valence-corrected chi connectivity index (χ1v) is 12.1. The summed E-state index contributed by atoms with van der Waals surface area (Å²) < 4.78 is 5.99. The quantitative estimate of drug-likeness (QED) is 0.590. The molecule has 1 N–H and O–H groups in total. The molecule has 0 saturated heterocycles. The highest BCUT2D eigenvalue weighted by Crippen LogP contribution is 2.63. The molecule has 5 heteroatoms. The van der Waals surface area contributed by atoms with Gasteiger partial charge in [0, 0.05) is 16.0 Å². The summed E-state index contributed by atoms with van der Waals surface area (Å²) in [7, 11) is 0. The number of fused-ring (bicyclic) bond motifs is 6. The Morgan fingerprint density at radius 1 is 1.00 bits per heavy atom. The van der Waals surface area contributed by atoms with E-state index < -0.39 is 0 Å². The number of ether oxygens (including phenoxy) is 1. The van der Waals surface area contributed by atoms with Gasteiger partial charge in [-0.2, -0.15) is 0 Å². The SMILES string of the molecule is O=c1[nH]c2c(s1)[C@H](c1ccc(OCc3ccccc3)cc1)[C@H]1[C@H]3CC[C@@H](C3)[C@H]1S2. The molecule has 6 rings (SSSR count). The van der Waals surface area contributed by atoms with E-state index in [0.717, 1.165) is 22.6 Å². The van der Waals surface area contributed by atoms with Crippen molar-refractivity contribution in [2.45, 2.75) is 42.1 Å². The predicted molar refractivity (Wildman–Crippen MR) is 118 cm³/mol. The third kappa shape index (κ3) is 3.06. The Labute approximate surface area is 178 Å². The van der Waals surface area contributed by atoms with E-state index in [9.17, 15) is 4.79 Å². The van der Waals surface area contributed by atoms with E-state index in [4.69, 9.17) is 4.74 Å². The minimum absolute atomic E-state index is 0.0858. The second-order valence-electron chi connectivity index (χ2n) is 8.52. The number of thioether (sulfide) groups is 1. The second-order valence-corrected chi connectivity index (χ2v) is 10.7. The molecule has 1 aromatic heterocycles. The van der Waals surface area contributed by atoms with Gasteiger partial charge in [-0.3, -0.25) is 4.79 Å². The van der Waals surface area contributed by atoms with Crippen LogP contribution in [0.5, 0.6) is 5.75 Å². The summed E-state index contributed by atoms with van der Waals surface area (Å²) in [5.41, 5.74) is 2.50. The number of rotatable bonds is 4. The van der Waals surface area contributed by atoms with Crippen LogP contribution in [-0.2, 0) is 6.61 Å². The number of aromatic nitrogens is 1. The number of hydrogen-bond acceptors (Lipinski definition) is 4. The van der Waals surface area contributed by atoms with Crippen LogP contribution in [0.3, 0.4) is 0 Å². The maximum absolute atomic E-state index is 12.1. The van der Waals surface area contributed by atoms with Crippen molar-refractivity contribution in [1.82, 2.24) is 4.98 Å². The molecule has 2 saturated carbocycles. The molecule has 2 aliphatic carbocycles. The molecule has 2 heterocycles. The number of nitrogens with one attached hydrogen (secondary N) is 1. The maximum Gasteiger partial charge on any atom is 0.305 e. The van der Waals surface area contributed by atoms with E-state index in [1.54, 1.807) is 0 Å². The number of hydrogen-bond donors (Lipinski definition) is 1. The lowest BCUT2D eigenvalue weighted by Crippen LogP contribution is -2.33. The number of benzene rings is 2. The first-order valence-electron chi connectivity index (χ1n) is 10.4. The summed E-state index contributed by atoms with van der Waals surface area (Å²) >= 11 is 3.37. The van der Waals surface area contributed by atoms with Crippen molar-refractivity contribution >= 4 is 23.1 Å². The largest absolute Gasteiger partial charge is 0.489 e. The molecule has 0 unspecified atom stereocenters. The molecule has 2 aromatic carbocycles. The van der Waals surface area contributed by atoms with Gasteiger partial charge in [0.2, 0.25) is 0 Å². The van der Waals surface area contributed by atoms with Gasteiger partial charge in [-0.25, -0.2) is 0 Å². The summed E-state index contributed by atoms with van der Waals surface area (Å²) in [4.78, 5) is 16.6. The summed E-state index contributed by atoms with van der Waals surface area (Å²) in [5.74, 6) is 3.53. The van der Waals surface area contributed by atoms with E-state index in [0.29, 0.717) is 23.7 Å². The van der Waals surface area contributed by atoms with Crippen molar-refractivity contribution in [3.05, 3.63) is 80.3 Å². The monoisotopic (exact) mass is 421 g/mol. The number of H-pyrrole nitrogens is 1. The molecule has 2 bridgehead atoms. The van der Waals surface area contributed by atoms with Crippen LogP contribution in [-0.4, -0.2) is 10.2 Å². The number of aromatic amines is 1. The summed E-state index contributed by atoms with van der Waals surface area (Å²) in [6, 6.07) is 18.9. The highest BCUT2D eigenvalue weighted by atomic mass is 32.2. The molecule has 3 nitrogen and oxygen atoms in total. The first-order chi connectivity index (χ1) is 14.3. The zero-order chi connectivity index (χ0) is 19.4. The van der Waals surface area contributed by atoms with Gasteiger partial charge in [0.25, 0.3) is 0 Å². The van der Waals surface area contributed by atoms with Crippen LogP contribution >= 0.6 is 23.1 Å². The van der Waals surface area contributed by atoms with Gasteiger partial charge in [-0.1, -0.05) is 53.8 Å². The fourth-order valence-electron chi connectivity index (χ4n) is 5.73. The smallest absolute Gasteiger partial charge is 0.305 e. The molecule has 2 fully saturated rings.